The zero-order valence-electron chi connectivity index (χ0n) is 14.2. The first-order chi connectivity index (χ1) is 10.8. The second-order valence-corrected chi connectivity index (χ2v) is 7.59. The van der Waals surface area contributed by atoms with Crippen LogP contribution in [0, 0.1) is 13.8 Å². The lowest BCUT2D eigenvalue weighted by Crippen LogP contribution is -2.15. The van der Waals surface area contributed by atoms with Crippen LogP contribution in [0.3, 0.4) is 0 Å². The first kappa shape index (κ1) is 17.3. The number of aryl methyl sites for hydroxylation is 2. The summed E-state index contributed by atoms with van der Waals surface area (Å²) in [5, 5.41) is 0. The molecule has 0 radical (unpaired) electrons. The van der Waals surface area contributed by atoms with Gasteiger partial charge in [0, 0.05) is 0 Å². The Morgan fingerprint density at radius 3 is 2.26 bits per heavy atom. The van der Waals surface area contributed by atoms with E-state index in [-0.39, 0.29) is 10.8 Å². The molecule has 0 saturated heterocycles. The molecule has 23 heavy (non-hydrogen) atoms. The SMILES string of the molecule is COc1cc(C)c(S(=O)(=O)Nc2ccccc2C)cc1C(C)C. The van der Waals surface area contributed by atoms with Crippen LogP contribution in [-0.2, 0) is 10.0 Å². The predicted octanol–water partition coefficient (Wildman–Crippen LogP) is 4.24. The summed E-state index contributed by atoms with van der Waals surface area (Å²) in [5.74, 6) is 0.880. The van der Waals surface area contributed by atoms with Gasteiger partial charge in [0.25, 0.3) is 10.0 Å². The summed E-state index contributed by atoms with van der Waals surface area (Å²) in [6.45, 7) is 7.67. The number of hydrogen-bond acceptors (Lipinski definition) is 3. The molecule has 0 aliphatic heterocycles. The van der Waals surface area contributed by atoms with E-state index in [1.54, 1.807) is 32.2 Å². The van der Waals surface area contributed by atoms with Crippen molar-refractivity contribution in [1.29, 1.82) is 0 Å². The highest BCUT2D eigenvalue weighted by atomic mass is 32.2. The van der Waals surface area contributed by atoms with Crippen molar-refractivity contribution in [3.63, 3.8) is 0 Å². The Labute approximate surface area is 138 Å². The molecule has 0 heterocycles. The third kappa shape index (κ3) is 3.67. The van der Waals surface area contributed by atoms with E-state index < -0.39 is 10.0 Å². The van der Waals surface area contributed by atoms with E-state index >= 15 is 0 Å². The van der Waals surface area contributed by atoms with Crippen molar-refractivity contribution < 1.29 is 13.2 Å². The number of nitrogens with one attached hydrogen (secondary N) is 1. The summed E-state index contributed by atoms with van der Waals surface area (Å²) in [7, 11) is -2.06. The molecule has 0 aromatic heterocycles. The Morgan fingerprint density at radius 2 is 1.70 bits per heavy atom. The molecule has 0 aliphatic carbocycles. The first-order valence-electron chi connectivity index (χ1n) is 7.53. The molecule has 0 bridgehead atoms. The maximum Gasteiger partial charge on any atom is 0.262 e. The van der Waals surface area contributed by atoms with Gasteiger partial charge in [0.15, 0.2) is 0 Å². The van der Waals surface area contributed by atoms with Crippen molar-refractivity contribution in [1.82, 2.24) is 0 Å². The van der Waals surface area contributed by atoms with Crippen LogP contribution in [0.2, 0.25) is 0 Å². The third-order valence-electron chi connectivity index (χ3n) is 3.83. The van der Waals surface area contributed by atoms with Gasteiger partial charge in [-0.25, -0.2) is 8.42 Å². The van der Waals surface area contributed by atoms with Crippen LogP contribution < -0.4 is 9.46 Å². The van der Waals surface area contributed by atoms with Crippen molar-refractivity contribution in [2.24, 2.45) is 0 Å². The normalized spacial score (nSPS) is 11.6. The Balaban J connectivity index is 2.52. The molecule has 124 valence electrons. The van der Waals surface area contributed by atoms with Crippen LogP contribution in [-0.4, -0.2) is 15.5 Å². The quantitative estimate of drug-likeness (QED) is 0.890. The van der Waals surface area contributed by atoms with E-state index in [0.29, 0.717) is 17.0 Å². The fraction of sp³-hybridized carbons (Fsp3) is 0.333. The molecule has 1 N–H and O–H groups in total. The van der Waals surface area contributed by atoms with Crippen molar-refractivity contribution in [2.75, 3.05) is 11.8 Å². The van der Waals surface area contributed by atoms with Gasteiger partial charge in [0.2, 0.25) is 0 Å². The second-order valence-electron chi connectivity index (χ2n) is 5.93. The molecule has 0 fully saturated rings. The van der Waals surface area contributed by atoms with Gasteiger partial charge in [-0.3, -0.25) is 4.72 Å². The molecule has 0 unspecified atom stereocenters. The Kier molecular flexibility index (Phi) is 5.00. The van der Waals surface area contributed by atoms with Crippen LogP contribution in [0.4, 0.5) is 5.69 Å². The molecular weight excluding hydrogens is 310 g/mol. The Morgan fingerprint density at radius 1 is 1.04 bits per heavy atom. The highest BCUT2D eigenvalue weighted by Crippen LogP contribution is 2.32. The summed E-state index contributed by atoms with van der Waals surface area (Å²) < 4.78 is 33.7. The predicted molar refractivity (Wildman–Crippen MR) is 93.8 cm³/mol. The summed E-state index contributed by atoms with van der Waals surface area (Å²) >= 11 is 0. The fourth-order valence-electron chi connectivity index (χ4n) is 2.48. The summed E-state index contributed by atoms with van der Waals surface area (Å²) in [6, 6.07) is 10.8. The highest BCUT2D eigenvalue weighted by Gasteiger charge is 2.21. The number of anilines is 1. The van der Waals surface area contributed by atoms with Crippen LogP contribution in [0.1, 0.15) is 36.5 Å². The molecule has 2 aromatic rings. The van der Waals surface area contributed by atoms with Crippen molar-refractivity contribution in [3.8, 4) is 5.75 Å². The number of hydrogen-bond donors (Lipinski definition) is 1. The van der Waals surface area contributed by atoms with E-state index in [4.69, 9.17) is 4.74 Å². The zero-order valence-corrected chi connectivity index (χ0v) is 15.0. The van der Waals surface area contributed by atoms with Crippen LogP contribution in [0.25, 0.3) is 0 Å². The van der Waals surface area contributed by atoms with Gasteiger partial charge in [-0.05, 0) is 54.7 Å². The summed E-state index contributed by atoms with van der Waals surface area (Å²) in [6.07, 6.45) is 0. The molecular formula is C18H23NO3S. The molecule has 0 aliphatic rings. The van der Waals surface area contributed by atoms with E-state index in [1.165, 1.54) is 0 Å². The standard InChI is InChI=1S/C18H23NO3S/c1-12(2)15-11-18(14(4)10-17(15)22-5)23(20,21)19-16-9-7-6-8-13(16)3/h6-12,19H,1-5H3. The van der Waals surface area contributed by atoms with Crippen molar-refractivity contribution in [3.05, 3.63) is 53.1 Å². The van der Waals surface area contributed by atoms with Crippen molar-refractivity contribution >= 4 is 15.7 Å². The van der Waals surface area contributed by atoms with Crippen LogP contribution >= 0.6 is 0 Å². The lowest BCUT2D eigenvalue weighted by molar-refractivity contribution is 0.406. The lowest BCUT2D eigenvalue weighted by Gasteiger charge is -2.17. The molecule has 2 aromatic carbocycles. The number of sulfonamides is 1. The topological polar surface area (TPSA) is 55.4 Å². The van der Waals surface area contributed by atoms with Gasteiger partial charge in [-0.15, -0.1) is 0 Å². The number of ether oxygens (including phenoxy) is 1. The largest absolute Gasteiger partial charge is 0.496 e. The third-order valence-corrected chi connectivity index (χ3v) is 5.34. The average molecular weight is 333 g/mol. The molecule has 0 atom stereocenters. The minimum atomic E-state index is -3.65. The molecule has 0 spiro atoms. The molecule has 5 heteroatoms. The van der Waals surface area contributed by atoms with Gasteiger partial charge < -0.3 is 4.74 Å². The maximum atomic E-state index is 12.8. The fourth-order valence-corrected chi connectivity index (χ4v) is 3.88. The van der Waals surface area contributed by atoms with E-state index in [9.17, 15) is 8.42 Å². The van der Waals surface area contributed by atoms with Gasteiger partial charge in [0.1, 0.15) is 5.75 Å². The summed E-state index contributed by atoms with van der Waals surface area (Å²) in [4.78, 5) is 0.283. The molecule has 2 rings (SSSR count). The first-order valence-corrected chi connectivity index (χ1v) is 9.01. The second kappa shape index (κ2) is 6.62. The van der Waals surface area contributed by atoms with Crippen molar-refractivity contribution in [2.45, 2.75) is 38.5 Å². The Bertz CT molecular complexity index is 811. The highest BCUT2D eigenvalue weighted by molar-refractivity contribution is 7.92. The maximum absolute atomic E-state index is 12.8. The van der Waals surface area contributed by atoms with Gasteiger partial charge in [-0.1, -0.05) is 32.0 Å². The number of rotatable bonds is 5. The van der Waals surface area contributed by atoms with Gasteiger partial charge >= 0.3 is 0 Å². The average Bonchev–Trinajstić information content (AvgIpc) is 2.48. The number of methoxy groups -OCH3 is 1. The zero-order chi connectivity index (χ0) is 17.2. The van der Waals surface area contributed by atoms with Crippen LogP contribution in [0.5, 0.6) is 5.75 Å². The van der Waals surface area contributed by atoms with E-state index in [2.05, 4.69) is 4.72 Å². The van der Waals surface area contributed by atoms with Crippen LogP contribution in [0.15, 0.2) is 41.3 Å². The molecule has 0 saturated carbocycles. The lowest BCUT2D eigenvalue weighted by atomic mass is 10.0. The smallest absolute Gasteiger partial charge is 0.262 e. The molecule has 0 amide bonds. The number of benzene rings is 2. The minimum Gasteiger partial charge on any atom is -0.496 e. The monoisotopic (exact) mass is 333 g/mol. The van der Waals surface area contributed by atoms with Gasteiger partial charge in [0.05, 0.1) is 17.7 Å². The van der Waals surface area contributed by atoms with E-state index in [0.717, 1.165) is 11.1 Å². The summed E-state index contributed by atoms with van der Waals surface area (Å²) in [5.41, 5.74) is 3.01. The molecule has 4 nitrogen and oxygen atoms in total. The van der Waals surface area contributed by atoms with Gasteiger partial charge in [-0.2, -0.15) is 0 Å². The van der Waals surface area contributed by atoms with E-state index in [1.807, 2.05) is 39.0 Å². The number of para-hydroxylation sites is 1. The Hall–Kier alpha value is -2.01. The minimum absolute atomic E-state index is 0.165.